The molecular weight excluding hydrogens is 249 g/mol. The predicted molar refractivity (Wildman–Crippen MR) is 55.7 cm³/mol. The van der Waals surface area contributed by atoms with Gasteiger partial charge in [0.2, 0.25) is 0 Å². The Morgan fingerprint density at radius 1 is 1.50 bits per heavy atom. The van der Waals surface area contributed by atoms with Gasteiger partial charge in [0.1, 0.15) is 11.6 Å². The van der Waals surface area contributed by atoms with Gasteiger partial charge >= 0.3 is 0 Å². The van der Waals surface area contributed by atoms with Crippen LogP contribution in [-0.4, -0.2) is 11.7 Å². The zero-order valence-electron chi connectivity index (χ0n) is 7.56. The highest BCUT2D eigenvalue weighted by molar-refractivity contribution is 9.10. The van der Waals surface area contributed by atoms with Crippen molar-refractivity contribution in [2.45, 2.75) is 18.9 Å². The minimum absolute atomic E-state index is 0.0245. The second-order valence-electron chi connectivity index (χ2n) is 3.44. The summed E-state index contributed by atoms with van der Waals surface area (Å²) in [6.45, 7) is 0.909. The van der Waals surface area contributed by atoms with E-state index in [4.69, 9.17) is 0 Å². The van der Waals surface area contributed by atoms with Crippen LogP contribution in [0.2, 0.25) is 0 Å². The summed E-state index contributed by atoms with van der Waals surface area (Å²) in [6, 6.07) is 2.68. The first kappa shape index (κ1) is 9.93. The third kappa shape index (κ3) is 1.64. The maximum Gasteiger partial charge on any atom is 0.130 e. The molecule has 0 radical (unpaired) electrons. The van der Waals surface area contributed by atoms with Crippen molar-refractivity contribution < 1.29 is 9.50 Å². The second kappa shape index (κ2) is 3.87. The first-order chi connectivity index (χ1) is 6.70. The fraction of sp³-hybridized carbons (Fsp3) is 0.400. The van der Waals surface area contributed by atoms with Gasteiger partial charge in [-0.25, -0.2) is 4.39 Å². The summed E-state index contributed by atoms with van der Waals surface area (Å²) < 4.78 is 14.0. The van der Waals surface area contributed by atoms with Gasteiger partial charge in [-0.3, -0.25) is 0 Å². The number of phenolic OH excluding ortho intramolecular Hbond substituents is 1. The van der Waals surface area contributed by atoms with Gasteiger partial charge in [-0.05, 0) is 47.4 Å². The van der Waals surface area contributed by atoms with Crippen LogP contribution in [0.3, 0.4) is 0 Å². The van der Waals surface area contributed by atoms with Gasteiger partial charge in [0, 0.05) is 11.6 Å². The maximum absolute atomic E-state index is 13.5. The van der Waals surface area contributed by atoms with Crippen LogP contribution in [-0.2, 0) is 0 Å². The zero-order valence-corrected chi connectivity index (χ0v) is 9.14. The minimum Gasteiger partial charge on any atom is -0.507 e. The van der Waals surface area contributed by atoms with Gasteiger partial charge in [-0.1, -0.05) is 0 Å². The van der Waals surface area contributed by atoms with E-state index in [1.54, 1.807) is 0 Å². The van der Waals surface area contributed by atoms with E-state index in [2.05, 4.69) is 21.2 Å². The maximum atomic E-state index is 13.5. The number of nitrogens with one attached hydrogen (secondary N) is 1. The number of hydrogen-bond donors (Lipinski definition) is 2. The summed E-state index contributed by atoms with van der Waals surface area (Å²) in [6.07, 6.45) is 1.96. The Bertz CT molecular complexity index is 350. The summed E-state index contributed by atoms with van der Waals surface area (Å²) >= 11 is 3.21. The van der Waals surface area contributed by atoms with Crippen molar-refractivity contribution in [2.24, 2.45) is 0 Å². The average Bonchev–Trinajstić information content (AvgIpc) is 2.65. The molecule has 2 nitrogen and oxygen atoms in total. The smallest absolute Gasteiger partial charge is 0.130 e. The van der Waals surface area contributed by atoms with Crippen molar-refractivity contribution in [3.8, 4) is 5.75 Å². The quantitative estimate of drug-likeness (QED) is 0.813. The molecule has 0 amide bonds. The number of aromatic hydroxyl groups is 1. The standard InChI is InChI=1S/C10H11BrFNO/c11-10-8(14)4-3-6(12)9(10)7-2-1-5-13-7/h3-4,7,13-14H,1-2,5H2. The van der Waals surface area contributed by atoms with Crippen LogP contribution in [0.1, 0.15) is 24.4 Å². The highest BCUT2D eigenvalue weighted by Crippen LogP contribution is 2.36. The molecular formula is C10H11BrFNO. The normalized spacial score (nSPS) is 21.4. The Kier molecular flexibility index (Phi) is 2.74. The van der Waals surface area contributed by atoms with Crippen molar-refractivity contribution in [1.29, 1.82) is 0 Å². The third-order valence-electron chi connectivity index (χ3n) is 2.51. The van der Waals surface area contributed by atoms with E-state index in [1.165, 1.54) is 12.1 Å². The Hall–Kier alpha value is -0.610. The number of benzene rings is 1. The van der Waals surface area contributed by atoms with Gasteiger partial charge in [0.05, 0.1) is 4.47 Å². The SMILES string of the molecule is Oc1ccc(F)c(C2CCCN2)c1Br. The molecule has 0 saturated carbocycles. The topological polar surface area (TPSA) is 32.3 Å². The van der Waals surface area contributed by atoms with Crippen molar-refractivity contribution in [3.05, 3.63) is 28.0 Å². The number of rotatable bonds is 1. The summed E-state index contributed by atoms with van der Waals surface area (Å²) in [5.41, 5.74) is 0.544. The molecule has 1 fully saturated rings. The zero-order chi connectivity index (χ0) is 10.1. The fourth-order valence-electron chi connectivity index (χ4n) is 1.81. The molecule has 1 aliphatic heterocycles. The fourth-order valence-corrected chi connectivity index (χ4v) is 2.41. The van der Waals surface area contributed by atoms with Gasteiger partial charge in [0.25, 0.3) is 0 Å². The lowest BCUT2D eigenvalue weighted by atomic mass is 10.0. The van der Waals surface area contributed by atoms with Gasteiger partial charge in [-0.2, -0.15) is 0 Å². The lowest BCUT2D eigenvalue weighted by Gasteiger charge is -2.14. The Morgan fingerprint density at radius 2 is 2.29 bits per heavy atom. The number of phenols is 1. The van der Waals surface area contributed by atoms with E-state index in [-0.39, 0.29) is 17.6 Å². The van der Waals surface area contributed by atoms with Gasteiger partial charge < -0.3 is 10.4 Å². The van der Waals surface area contributed by atoms with Crippen LogP contribution >= 0.6 is 15.9 Å². The van der Waals surface area contributed by atoms with E-state index in [0.29, 0.717) is 10.0 Å². The van der Waals surface area contributed by atoms with Crippen molar-refractivity contribution in [2.75, 3.05) is 6.54 Å². The van der Waals surface area contributed by atoms with E-state index in [9.17, 15) is 9.50 Å². The van der Waals surface area contributed by atoms with Crippen molar-refractivity contribution >= 4 is 15.9 Å². The molecule has 2 N–H and O–H groups in total. The Balaban J connectivity index is 2.44. The lowest BCUT2D eigenvalue weighted by molar-refractivity contribution is 0.463. The van der Waals surface area contributed by atoms with Crippen LogP contribution < -0.4 is 5.32 Å². The van der Waals surface area contributed by atoms with Gasteiger partial charge in [-0.15, -0.1) is 0 Å². The van der Waals surface area contributed by atoms with Crippen molar-refractivity contribution in [1.82, 2.24) is 5.32 Å². The van der Waals surface area contributed by atoms with E-state index in [0.717, 1.165) is 19.4 Å². The van der Waals surface area contributed by atoms with Crippen LogP contribution in [0.25, 0.3) is 0 Å². The molecule has 1 saturated heterocycles. The highest BCUT2D eigenvalue weighted by Gasteiger charge is 2.23. The highest BCUT2D eigenvalue weighted by atomic mass is 79.9. The van der Waals surface area contributed by atoms with Crippen LogP contribution in [0.4, 0.5) is 4.39 Å². The van der Waals surface area contributed by atoms with Crippen LogP contribution in [0.15, 0.2) is 16.6 Å². The Labute approximate surface area is 90.3 Å². The third-order valence-corrected chi connectivity index (χ3v) is 3.35. The molecule has 76 valence electrons. The summed E-state index contributed by atoms with van der Waals surface area (Å²) in [5, 5.41) is 12.6. The molecule has 1 aromatic rings. The molecule has 1 unspecified atom stereocenters. The van der Waals surface area contributed by atoms with E-state index >= 15 is 0 Å². The molecule has 1 aromatic carbocycles. The molecule has 0 spiro atoms. The molecule has 1 aliphatic rings. The molecule has 14 heavy (non-hydrogen) atoms. The molecule has 1 heterocycles. The average molecular weight is 260 g/mol. The monoisotopic (exact) mass is 259 g/mol. The largest absolute Gasteiger partial charge is 0.507 e. The van der Waals surface area contributed by atoms with E-state index in [1.807, 2.05) is 0 Å². The molecule has 4 heteroatoms. The Morgan fingerprint density at radius 3 is 2.93 bits per heavy atom. The number of halogens is 2. The first-order valence-corrected chi connectivity index (χ1v) is 5.39. The molecule has 0 bridgehead atoms. The molecule has 0 aliphatic carbocycles. The van der Waals surface area contributed by atoms with Gasteiger partial charge in [0.15, 0.2) is 0 Å². The summed E-state index contributed by atoms with van der Waals surface area (Å²) in [5.74, 6) is -0.177. The van der Waals surface area contributed by atoms with Crippen LogP contribution in [0, 0.1) is 5.82 Å². The minimum atomic E-state index is -0.269. The molecule has 0 aromatic heterocycles. The second-order valence-corrected chi connectivity index (χ2v) is 4.24. The van der Waals surface area contributed by atoms with E-state index < -0.39 is 0 Å². The van der Waals surface area contributed by atoms with Crippen molar-refractivity contribution in [3.63, 3.8) is 0 Å². The molecule has 1 atom stereocenters. The summed E-state index contributed by atoms with van der Waals surface area (Å²) in [7, 11) is 0. The summed E-state index contributed by atoms with van der Waals surface area (Å²) in [4.78, 5) is 0. The van der Waals surface area contributed by atoms with Crippen LogP contribution in [0.5, 0.6) is 5.75 Å². The lowest BCUT2D eigenvalue weighted by Crippen LogP contribution is -2.14. The first-order valence-electron chi connectivity index (χ1n) is 4.60. The number of hydrogen-bond acceptors (Lipinski definition) is 2. The predicted octanol–water partition coefficient (Wildman–Crippen LogP) is 2.72. The molecule has 2 rings (SSSR count).